The fraction of sp³-hybridized carbons (Fsp3) is 0.625. The highest BCUT2D eigenvalue weighted by molar-refractivity contribution is 7.86. The number of rotatable bonds is 9. The topological polar surface area (TPSA) is 43.4 Å². The summed E-state index contributed by atoms with van der Waals surface area (Å²) in [7, 11) is -3.90. The van der Waals surface area contributed by atoms with Crippen molar-refractivity contribution in [2.75, 3.05) is 0 Å². The molecule has 5 heteroatoms. The van der Waals surface area contributed by atoms with Gasteiger partial charge in [-0.15, -0.1) is 0 Å². The minimum Gasteiger partial charge on any atom is -0.260 e. The number of aryl methyl sites for hydroxylation is 1. The van der Waals surface area contributed by atoms with Crippen LogP contribution in [0.2, 0.25) is 0 Å². The lowest BCUT2D eigenvalue weighted by Gasteiger charge is -2.17. The molecule has 2 atom stereocenters. The lowest BCUT2D eigenvalue weighted by Crippen LogP contribution is -2.25. The first-order chi connectivity index (χ1) is 9.86. The molecule has 21 heavy (non-hydrogen) atoms. The fourth-order valence-corrected chi connectivity index (χ4v) is 3.12. The van der Waals surface area contributed by atoms with E-state index in [9.17, 15) is 12.8 Å². The standard InChI is InChI=1S/C16H25FO3S/c1-4-5-6-7-8-16(17)14(3)20-21(18,19)15-11-9-13(2)10-12-15/h9-12,14,16H,4-8H2,1-3H3. The predicted molar refractivity (Wildman–Crippen MR) is 82.6 cm³/mol. The Labute approximate surface area is 127 Å². The highest BCUT2D eigenvalue weighted by Gasteiger charge is 2.24. The molecule has 0 N–H and O–H groups in total. The summed E-state index contributed by atoms with van der Waals surface area (Å²) in [6, 6.07) is 6.34. The SMILES string of the molecule is CCCCCCC(F)C(C)OS(=O)(=O)c1ccc(C)cc1. The van der Waals surface area contributed by atoms with Gasteiger partial charge >= 0.3 is 0 Å². The van der Waals surface area contributed by atoms with Crippen LogP contribution in [0.3, 0.4) is 0 Å². The lowest BCUT2D eigenvalue weighted by molar-refractivity contribution is 0.112. The van der Waals surface area contributed by atoms with E-state index >= 15 is 0 Å². The average Bonchev–Trinajstić information content (AvgIpc) is 2.43. The van der Waals surface area contributed by atoms with Gasteiger partial charge in [0.1, 0.15) is 12.3 Å². The molecule has 0 aliphatic carbocycles. The van der Waals surface area contributed by atoms with Crippen LogP contribution in [0, 0.1) is 6.92 Å². The molecule has 0 aliphatic rings. The normalized spacial score (nSPS) is 14.9. The van der Waals surface area contributed by atoms with Gasteiger partial charge in [0.2, 0.25) is 0 Å². The summed E-state index contributed by atoms with van der Waals surface area (Å²) in [6.45, 7) is 5.43. The van der Waals surface area contributed by atoms with Gasteiger partial charge in [0.25, 0.3) is 10.1 Å². The van der Waals surface area contributed by atoms with Crippen LogP contribution in [0.4, 0.5) is 4.39 Å². The Bertz CT molecular complexity index is 511. The minimum absolute atomic E-state index is 0.0677. The summed E-state index contributed by atoms with van der Waals surface area (Å²) >= 11 is 0. The molecular formula is C16H25FO3S. The number of alkyl halides is 1. The second-order valence-corrected chi connectivity index (χ2v) is 7.01. The van der Waals surface area contributed by atoms with Gasteiger partial charge in [-0.25, -0.2) is 4.39 Å². The first-order valence-electron chi connectivity index (χ1n) is 7.51. The van der Waals surface area contributed by atoms with E-state index in [0.29, 0.717) is 6.42 Å². The Morgan fingerprint density at radius 2 is 1.76 bits per heavy atom. The van der Waals surface area contributed by atoms with Crippen LogP contribution in [0.1, 0.15) is 51.5 Å². The maximum atomic E-state index is 13.9. The van der Waals surface area contributed by atoms with Gasteiger partial charge in [-0.1, -0.05) is 50.3 Å². The maximum Gasteiger partial charge on any atom is 0.297 e. The van der Waals surface area contributed by atoms with E-state index in [1.54, 1.807) is 12.1 Å². The Morgan fingerprint density at radius 1 is 1.14 bits per heavy atom. The van der Waals surface area contributed by atoms with E-state index in [0.717, 1.165) is 31.2 Å². The summed E-state index contributed by atoms with van der Waals surface area (Å²) in [5, 5.41) is 0. The largest absolute Gasteiger partial charge is 0.297 e. The Balaban J connectivity index is 2.55. The third-order valence-corrected chi connectivity index (χ3v) is 4.84. The molecular weight excluding hydrogens is 291 g/mol. The molecule has 0 spiro atoms. The molecule has 3 nitrogen and oxygen atoms in total. The Kier molecular flexibility index (Phi) is 7.32. The molecule has 0 bridgehead atoms. The second kappa shape index (κ2) is 8.49. The van der Waals surface area contributed by atoms with Crippen LogP contribution < -0.4 is 0 Å². The van der Waals surface area contributed by atoms with E-state index in [-0.39, 0.29) is 4.90 Å². The summed E-state index contributed by atoms with van der Waals surface area (Å²) in [5.74, 6) is 0. The highest BCUT2D eigenvalue weighted by atomic mass is 32.2. The molecule has 0 aliphatic heterocycles. The zero-order valence-corrected chi connectivity index (χ0v) is 13.8. The van der Waals surface area contributed by atoms with Gasteiger partial charge in [-0.3, -0.25) is 4.18 Å². The fourth-order valence-electron chi connectivity index (χ4n) is 2.02. The molecule has 0 radical (unpaired) electrons. The van der Waals surface area contributed by atoms with Crippen molar-refractivity contribution in [1.82, 2.24) is 0 Å². The van der Waals surface area contributed by atoms with Crippen molar-refractivity contribution in [2.45, 2.75) is 70.0 Å². The Morgan fingerprint density at radius 3 is 2.33 bits per heavy atom. The molecule has 0 amide bonds. The Hall–Kier alpha value is -0.940. The molecule has 120 valence electrons. The summed E-state index contributed by atoms with van der Waals surface area (Å²) in [4.78, 5) is 0.0677. The summed E-state index contributed by atoms with van der Waals surface area (Å²) in [5.41, 5.74) is 0.960. The summed E-state index contributed by atoms with van der Waals surface area (Å²) in [6.07, 6.45) is 2.00. The lowest BCUT2D eigenvalue weighted by atomic mass is 10.1. The van der Waals surface area contributed by atoms with Gasteiger partial charge in [-0.05, 0) is 32.4 Å². The van der Waals surface area contributed by atoms with Gasteiger partial charge in [-0.2, -0.15) is 8.42 Å². The monoisotopic (exact) mass is 316 g/mol. The van der Waals surface area contributed by atoms with Crippen LogP contribution in [0.5, 0.6) is 0 Å². The van der Waals surface area contributed by atoms with Crippen molar-refractivity contribution >= 4 is 10.1 Å². The summed E-state index contributed by atoms with van der Waals surface area (Å²) < 4.78 is 43.0. The molecule has 0 heterocycles. The van der Waals surface area contributed by atoms with Gasteiger partial charge in [0, 0.05) is 0 Å². The van der Waals surface area contributed by atoms with Gasteiger partial charge in [0.15, 0.2) is 0 Å². The minimum atomic E-state index is -3.90. The molecule has 1 aromatic rings. The third-order valence-electron chi connectivity index (χ3n) is 3.43. The third kappa shape index (κ3) is 6.14. The van der Waals surface area contributed by atoms with Crippen molar-refractivity contribution in [1.29, 1.82) is 0 Å². The van der Waals surface area contributed by atoms with Crippen LogP contribution in [-0.2, 0) is 14.3 Å². The van der Waals surface area contributed by atoms with Crippen molar-refractivity contribution in [2.24, 2.45) is 0 Å². The molecule has 2 unspecified atom stereocenters. The average molecular weight is 316 g/mol. The first-order valence-corrected chi connectivity index (χ1v) is 8.91. The quantitative estimate of drug-likeness (QED) is 0.501. The molecule has 1 rings (SSSR count). The molecule has 0 fully saturated rings. The van der Waals surface area contributed by atoms with Crippen molar-refractivity contribution < 1.29 is 17.0 Å². The van der Waals surface area contributed by atoms with Gasteiger partial charge < -0.3 is 0 Å². The zero-order chi connectivity index (χ0) is 15.9. The number of hydrogen-bond donors (Lipinski definition) is 0. The molecule has 0 aromatic heterocycles. The van der Waals surface area contributed by atoms with Gasteiger partial charge in [0.05, 0.1) is 4.90 Å². The van der Waals surface area contributed by atoms with Crippen LogP contribution in [0.25, 0.3) is 0 Å². The van der Waals surface area contributed by atoms with Crippen molar-refractivity contribution in [3.8, 4) is 0 Å². The zero-order valence-electron chi connectivity index (χ0n) is 13.0. The van der Waals surface area contributed by atoms with E-state index < -0.39 is 22.4 Å². The second-order valence-electron chi connectivity index (χ2n) is 5.43. The predicted octanol–water partition coefficient (Wildman–Crippen LogP) is 4.40. The van der Waals surface area contributed by atoms with E-state index in [1.807, 2.05) is 6.92 Å². The molecule has 0 saturated heterocycles. The van der Waals surface area contributed by atoms with E-state index in [4.69, 9.17) is 4.18 Å². The van der Waals surface area contributed by atoms with Crippen LogP contribution in [0.15, 0.2) is 29.2 Å². The highest BCUT2D eigenvalue weighted by Crippen LogP contribution is 2.20. The molecule has 0 saturated carbocycles. The number of hydrogen-bond acceptors (Lipinski definition) is 3. The van der Waals surface area contributed by atoms with E-state index in [2.05, 4.69) is 6.92 Å². The number of benzene rings is 1. The smallest absolute Gasteiger partial charge is 0.260 e. The van der Waals surface area contributed by atoms with Crippen molar-refractivity contribution in [3.63, 3.8) is 0 Å². The van der Waals surface area contributed by atoms with Crippen LogP contribution >= 0.6 is 0 Å². The molecule has 1 aromatic carbocycles. The van der Waals surface area contributed by atoms with Crippen LogP contribution in [-0.4, -0.2) is 20.7 Å². The van der Waals surface area contributed by atoms with Crippen molar-refractivity contribution in [3.05, 3.63) is 29.8 Å². The van der Waals surface area contributed by atoms with E-state index in [1.165, 1.54) is 19.1 Å². The first kappa shape index (κ1) is 18.1. The number of halogens is 1. The maximum absolute atomic E-state index is 13.9. The number of unbranched alkanes of at least 4 members (excludes halogenated alkanes) is 3.